The first kappa shape index (κ1) is 16.5. The summed E-state index contributed by atoms with van der Waals surface area (Å²) in [5.41, 5.74) is 0.911. The summed E-state index contributed by atoms with van der Waals surface area (Å²) in [5, 5.41) is 0. The van der Waals surface area contributed by atoms with Crippen LogP contribution >= 0.6 is 11.6 Å². The molecule has 0 aliphatic carbocycles. The molecule has 0 fully saturated rings. The number of rotatable bonds is 7. The summed E-state index contributed by atoms with van der Waals surface area (Å²) in [4.78, 5) is 24.9. The molecule has 1 amide bonds. The highest BCUT2D eigenvalue weighted by atomic mass is 35.5. The fraction of sp³-hybridized carbons (Fsp3) is 0.467. The van der Waals surface area contributed by atoms with Gasteiger partial charge < -0.3 is 4.74 Å². The second-order valence-electron chi connectivity index (χ2n) is 4.60. The van der Waals surface area contributed by atoms with Gasteiger partial charge in [-0.1, -0.05) is 37.3 Å². The maximum atomic E-state index is 12.1. The summed E-state index contributed by atoms with van der Waals surface area (Å²) < 4.78 is 5.25. The van der Waals surface area contributed by atoms with Gasteiger partial charge >= 0.3 is 6.09 Å². The number of Topliss-reactive ketones (excluding diaryl/α,β-unsaturated/α-hetero) is 1. The van der Waals surface area contributed by atoms with Crippen molar-refractivity contribution in [3.8, 4) is 0 Å². The van der Waals surface area contributed by atoms with Crippen molar-refractivity contribution in [2.24, 2.45) is 0 Å². The van der Waals surface area contributed by atoms with E-state index in [1.54, 1.807) is 0 Å². The molecule has 0 aromatic heterocycles. The molecule has 0 spiro atoms. The number of hydrogen-bond donors (Lipinski definition) is 0. The molecule has 1 unspecified atom stereocenters. The van der Waals surface area contributed by atoms with Crippen LogP contribution < -0.4 is 0 Å². The van der Waals surface area contributed by atoms with E-state index < -0.39 is 6.09 Å². The zero-order chi connectivity index (χ0) is 15.0. The maximum Gasteiger partial charge on any atom is 0.410 e. The van der Waals surface area contributed by atoms with E-state index in [1.165, 1.54) is 4.90 Å². The highest BCUT2D eigenvalue weighted by Gasteiger charge is 2.22. The Morgan fingerprint density at radius 1 is 1.30 bits per heavy atom. The minimum absolute atomic E-state index is 0.00781. The molecule has 0 bridgehead atoms. The molecule has 4 nitrogen and oxygen atoms in total. The molecule has 0 radical (unpaired) electrons. The zero-order valence-corrected chi connectivity index (χ0v) is 12.6. The third-order valence-corrected chi connectivity index (χ3v) is 3.36. The molecule has 5 heteroatoms. The van der Waals surface area contributed by atoms with E-state index >= 15 is 0 Å². The first-order valence-corrected chi connectivity index (χ1v) is 7.16. The molecule has 1 rings (SSSR count). The monoisotopic (exact) mass is 297 g/mol. The van der Waals surface area contributed by atoms with Crippen LogP contribution in [0.5, 0.6) is 0 Å². The molecule has 0 heterocycles. The number of ketones is 1. The number of carbonyl (C=O) groups is 2. The quantitative estimate of drug-likeness (QED) is 0.726. The second kappa shape index (κ2) is 8.59. The smallest absolute Gasteiger partial charge is 0.410 e. The lowest BCUT2D eigenvalue weighted by molar-refractivity contribution is -0.118. The highest BCUT2D eigenvalue weighted by molar-refractivity contribution is 6.28. The molecule has 1 aromatic carbocycles. The van der Waals surface area contributed by atoms with E-state index in [4.69, 9.17) is 16.3 Å². The van der Waals surface area contributed by atoms with Crippen LogP contribution in [0.2, 0.25) is 0 Å². The number of hydrogen-bond acceptors (Lipinski definition) is 3. The summed E-state index contributed by atoms with van der Waals surface area (Å²) in [5.74, 6) is -0.289. The SMILES string of the molecule is CCC(C)N(CC(=O)CCl)C(=O)OCc1ccccc1. The van der Waals surface area contributed by atoms with Gasteiger partial charge in [0.15, 0.2) is 5.78 Å². The third kappa shape index (κ3) is 5.21. The van der Waals surface area contributed by atoms with Crippen LogP contribution in [0, 0.1) is 0 Å². The summed E-state index contributed by atoms with van der Waals surface area (Å²) in [7, 11) is 0. The first-order valence-electron chi connectivity index (χ1n) is 6.63. The highest BCUT2D eigenvalue weighted by Crippen LogP contribution is 2.09. The van der Waals surface area contributed by atoms with Gasteiger partial charge in [0, 0.05) is 6.04 Å². The van der Waals surface area contributed by atoms with Gasteiger partial charge in [-0.2, -0.15) is 0 Å². The predicted octanol–water partition coefficient (Wildman–Crippen LogP) is 3.23. The number of ether oxygens (including phenoxy) is 1. The maximum absolute atomic E-state index is 12.1. The fourth-order valence-corrected chi connectivity index (χ4v) is 1.74. The zero-order valence-electron chi connectivity index (χ0n) is 11.8. The Hall–Kier alpha value is -1.55. The number of alkyl halides is 1. The number of benzene rings is 1. The molecule has 0 saturated carbocycles. The fourth-order valence-electron chi connectivity index (χ4n) is 1.66. The number of carbonyl (C=O) groups excluding carboxylic acids is 2. The van der Waals surface area contributed by atoms with Crippen molar-refractivity contribution < 1.29 is 14.3 Å². The van der Waals surface area contributed by atoms with Gasteiger partial charge in [-0.25, -0.2) is 4.79 Å². The summed E-state index contributed by atoms with van der Waals surface area (Å²) in [6, 6.07) is 9.36. The van der Waals surface area contributed by atoms with Gasteiger partial charge in [0.25, 0.3) is 0 Å². The lowest BCUT2D eigenvalue weighted by Crippen LogP contribution is -2.42. The Kier molecular flexibility index (Phi) is 7.09. The van der Waals surface area contributed by atoms with Crippen molar-refractivity contribution in [1.82, 2.24) is 4.90 Å². The molecular formula is C15H20ClNO3. The molecular weight excluding hydrogens is 278 g/mol. The number of amides is 1. The standard InChI is InChI=1S/C15H20ClNO3/c1-3-12(2)17(10-14(18)9-16)15(19)20-11-13-7-5-4-6-8-13/h4-8,12H,3,9-11H2,1-2H3. The molecule has 110 valence electrons. The van der Waals surface area contributed by atoms with Crippen molar-refractivity contribution >= 4 is 23.5 Å². The van der Waals surface area contributed by atoms with Crippen molar-refractivity contribution in [2.75, 3.05) is 12.4 Å². The second-order valence-corrected chi connectivity index (χ2v) is 4.86. The Bertz CT molecular complexity index is 436. The van der Waals surface area contributed by atoms with Crippen LogP contribution in [0.25, 0.3) is 0 Å². The lowest BCUT2D eigenvalue weighted by atomic mass is 10.2. The van der Waals surface area contributed by atoms with E-state index in [-0.39, 0.29) is 30.9 Å². The predicted molar refractivity (Wildman–Crippen MR) is 78.8 cm³/mol. The molecule has 0 saturated heterocycles. The van der Waals surface area contributed by atoms with E-state index in [2.05, 4.69) is 0 Å². The molecule has 0 aliphatic rings. The Morgan fingerprint density at radius 2 is 1.95 bits per heavy atom. The van der Waals surface area contributed by atoms with Crippen LogP contribution in [-0.4, -0.2) is 35.2 Å². The van der Waals surface area contributed by atoms with Crippen LogP contribution in [0.1, 0.15) is 25.8 Å². The minimum Gasteiger partial charge on any atom is -0.445 e. The molecule has 0 N–H and O–H groups in total. The van der Waals surface area contributed by atoms with E-state index in [0.29, 0.717) is 0 Å². The van der Waals surface area contributed by atoms with Gasteiger partial charge in [-0.15, -0.1) is 11.6 Å². The van der Waals surface area contributed by atoms with E-state index in [0.717, 1.165) is 12.0 Å². The van der Waals surface area contributed by atoms with E-state index in [9.17, 15) is 9.59 Å². The molecule has 1 aromatic rings. The molecule has 20 heavy (non-hydrogen) atoms. The normalized spacial score (nSPS) is 11.8. The molecule has 1 atom stereocenters. The van der Waals surface area contributed by atoms with Crippen molar-refractivity contribution in [1.29, 1.82) is 0 Å². The summed E-state index contributed by atoms with van der Waals surface area (Å²) >= 11 is 5.49. The summed E-state index contributed by atoms with van der Waals surface area (Å²) in [6.45, 7) is 4.02. The van der Waals surface area contributed by atoms with Crippen LogP contribution in [0.15, 0.2) is 30.3 Å². The summed E-state index contributed by atoms with van der Waals surface area (Å²) in [6.07, 6.45) is 0.261. The third-order valence-electron chi connectivity index (χ3n) is 3.06. The number of halogens is 1. The average Bonchev–Trinajstić information content (AvgIpc) is 2.50. The van der Waals surface area contributed by atoms with Crippen molar-refractivity contribution in [3.05, 3.63) is 35.9 Å². The van der Waals surface area contributed by atoms with Crippen LogP contribution in [0.3, 0.4) is 0 Å². The van der Waals surface area contributed by atoms with Gasteiger partial charge in [-0.3, -0.25) is 9.69 Å². The van der Waals surface area contributed by atoms with Gasteiger partial charge in [0.1, 0.15) is 6.61 Å². The number of nitrogens with zero attached hydrogens (tertiary/aromatic N) is 1. The largest absolute Gasteiger partial charge is 0.445 e. The van der Waals surface area contributed by atoms with Gasteiger partial charge in [0.05, 0.1) is 12.4 Å². The topological polar surface area (TPSA) is 46.6 Å². The average molecular weight is 298 g/mol. The minimum atomic E-state index is -0.485. The van der Waals surface area contributed by atoms with Gasteiger partial charge in [0.2, 0.25) is 0 Å². The Labute approximate surface area is 124 Å². The Balaban J connectivity index is 2.61. The Morgan fingerprint density at radius 3 is 2.50 bits per heavy atom. The van der Waals surface area contributed by atoms with E-state index in [1.807, 2.05) is 44.2 Å². The van der Waals surface area contributed by atoms with Gasteiger partial charge in [-0.05, 0) is 18.9 Å². The van der Waals surface area contributed by atoms with Crippen LogP contribution in [0.4, 0.5) is 4.79 Å². The first-order chi connectivity index (χ1) is 9.58. The van der Waals surface area contributed by atoms with Crippen molar-refractivity contribution in [2.45, 2.75) is 32.9 Å². The van der Waals surface area contributed by atoms with Crippen molar-refractivity contribution in [3.63, 3.8) is 0 Å². The van der Waals surface area contributed by atoms with Crippen LogP contribution in [-0.2, 0) is 16.1 Å². The lowest BCUT2D eigenvalue weighted by Gasteiger charge is -2.26. The molecule has 0 aliphatic heterocycles.